The summed E-state index contributed by atoms with van der Waals surface area (Å²) in [4.78, 5) is 2.21. The molecule has 0 aliphatic carbocycles. The minimum Gasteiger partial charge on any atom is -0.347 e. The van der Waals surface area contributed by atoms with E-state index >= 15 is 0 Å². The lowest BCUT2D eigenvalue weighted by molar-refractivity contribution is 0.0724. The first-order chi connectivity index (χ1) is 14.1. The number of H-pyrrole nitrogens is 1. The quantitative estimate of drug-likeness (QED) is 0.348. The predicted molar refractivity (Wildman–Crippen MR) is 128 cm³/mol. The zero-order chi connectivity index (χ0) is 21.7. The maximum absolute atomic E-state index is 14.8. The maximum Gasteiger partial charge on any atom is 0.208 e. The molecule has 0 saturated carbocycles. The molecule has 0 amide bonds. The standard InChI is InChI=1S/C21H26FIN6S/c1-20(2)9-15(10-21(3,4)29(20)23)28(5)19-27-26-18(30-19)16-7-6-13(8-17(16)22)14-11-24-25-12-14/h6-8,11-12,15H,9-10H2,1-5H3,(H,24,25). The highest BCUT2D eigenvalue weighted by Crippen LogP contribution is 2.44. The van der Waals surface area contributed by atoms with Crippen molar-refractivity contribution in [3.63, 3.8) is 0 Å². The van der Waals surface area contributed by atoms with Crippen LogP contribution in [0, 0.1) is 5.82 Å². The van der Waals surface area contributed by atoms with Crippen molar-refractivity contribution in [2.24, 2.45) is 0 Å². The van der Waals surface area contributed by atoms with Crippen LogP contribution in [-0.2, 0) is 0 Å². The largest absolute Gasteiger partial charge is 0.347 e. The second kappa shape index (κ2) is 7.83. The van der Waals surface area contributed by atoms with Gasteiger partial charge in [-0.25, -0.2) is 7.50 Å². The van der Waals surface area contributed by atoms with E-state index in [0.717, 1.165) is 29.1 Å². The first-order valence-corrected chi connectivity index (χ1v) is 11.7. The van der Waals surface area contributed by atoms with Gasteiger partial charge in [0.05, 0.1) is 6.20 Å². The minimum atomic E-state index is -0.306. The summed E-state index contributed by atoms with van der Waals surface area (Å²) < 4.78 is 17.3. The van der Waals surface area contributed by atoms with Crippen molar-refractivity contribution in [1.29, 1.82) is 0 Å². The predicted octanol–water partition coefficient (Wildman–Crippen LogP) is 5.54. The number of anilines is 1. The summed E-state index contributed by atoms with van der Waals surface area (Å²) in [6.07, 6.45) is 5.48. The van der Waals surface area contributed by atoms with Gasteiger partial charge in [0.2, 0.25) is 5.13 Å². The number of hydrogen-bond acceptors (Lipinski definition) is 6. The van der Waals surface area contributed by atoms with Gasteiger partial charge in [0.15, 0.2) is 5.01 Å². The molecular formula is C21H26FIN6S. The fourth-order valence-corrected chi connectivity index (χ4v) is 5.68. The Labute approximate surface area is 194 Å². The molecule has 1 N–H and O–H groups in total. The van der Waals surface area contributed by atoms with E-state index in [4.69, 9.17) is 0 Å². The zero-order valence-electron chi connectivity index (χ0n) is 17.8. The number of halogens is 2. The molecule has 0 atom stereocenters. The summed E-state index contributed by atoms with van der Waals surface area (Å²) in [6, 6.07) is 5.51. The fourth-order valence-electron chi connectivity index (χ4n) is 4.38. The molecule has 3 heterocycles. The van der Waals surface area contributed by atoms with Crippen molar-refractivity contribution in [2.75, 3.05) is 11.9 Å². The Morgan fingerprint density at radius 1 is 1.17 bits per heavy atom. The highest BCUT2D eigenvalue weighted by molar-refractivity contribution is 14.1. The number of hydrogen-bond donors (Lipinski definition) is 1. The topological polar surface area (TPSA) is 60.9 Å². The van der Waals surface area contributed by atoms with Crippen LogP contribution in [0.3, 0.4) is 0 Å². The Kier molecular flexibility index (Phi) is 5.65. The molecule has 1 aromatic carbocycles. The molecule has 0 unspecified atom stereocenters. The summed E-state index contributed by atoms with van der Waals surface area (Å²) in [6.45, 7) is 9.13. The van der Waals surface area contributed by atoms with E-state index in [-0.39, 0.29) is 16.9 Å². The second-order valence-corrected chi connectivity index (χ2v) is 11.1. The molecule has 1 aliphatic heterocycles. The van der Waals surface area contributed by atoms with Gasteiger partial charge in [-0.2, -0.15) is 5.10 Å². The average Bonchev–Trinajstić information content (AvgIpc) is 3.37. The molecule has 6 nitrogen and oxygen atoms in total. The number of aromatic amines is 1. The number of benzene rings is 1. The first-order valence-electron chi connectivity index (χ1n) is 9.90. The summed E-state index contributed by atoms with van der Waals surface area (Å²) in [5.74, 6) is -0.306. The Bertz CT molecular complexity index is 1010. The lowest BCUT2D eigenvalue weighted by atomic mass is 9.79. The summed E-state index contributed by atoms with van der Waals surface area (Å²) in [5.41, 5.74) is 2.25. The van der Waals surface area contributed by atoms with Gasteiger partial charge >= 0.3 is 0 Å². The Morgan fingerprint density at radius 2 is 1.87 bits per heavy atom. The van der Waals surface area contributed by atoms with Crippen molar-refractivity contribution in [2.45, 2.75) is 57.7 Å². The number of nitrogens with zero attached hydrogens (tertiary/aromatic N) is 5. The SMILES string of the molecule is CN(c1nnc(-c2ccc(-c3cn[nH]c3)cc2F)s1)C1CC(C)(C)N(I)C(C)(C)C1. The van der Waals surface area contributed by atoms with Crippen molar-refractivity contribution in [3.05, 3.63) is 36.4 Å². The molecular weight excluding hydrogens is 514 g/mol. The molecule has 1 saturated heterocycles. The van der Waals surface area contributed by atoms with Gasteiger partial charge in [0.25, 0.3) is 0 Å². The third kappa shape index (κ3) is 3.99. The lowest BCUT2D eigenvalue weighted by Crippen LogP contribution is -2.59. The van der Waals surface area contributed by atoms with Crippen molar-refractivity contribution >= 4 is 39.3 Å². The third-order valence-electron chi connectivity index (χ3n) is 5.83. The van der Waals surface area contributed by atoms with E-state index in [2.05, 4.69) is 86.0 Å². The summed E-state index contributed by atoms with van der Waals surface area (Å²) in [7, 11) is 2.07. The molecule has 0 radical (unpaired) electrons. The third-order valence-corrected chi connectivity index (χ3v) is 9.49. The van der Waals surface area contributed by atoms with Crippen LogP contribution in [-0.4, -0.2) is 47.7 Å². The van der Waals surface area contributed by atoms with Gasteiger partial charge in [-0.05, 0) is 58.2 Å². The minimum absolute atomic E-state index is 0.0732. The zero-order valence-corrected chi connectivity index (χ0v) is 20.8. The summed E-state index contributed by atoms with van der Waals surface area (Å²) in [5, 5.41) is 16.8. The first kappa shape index (κ1) is 21.6. The van der Waals surface area contributed by atoms with Gasteiger partial charge in [0.1, 0.15) is 5.82 Å². The van der Waals surface area contributed by atoms with Crippen molar-refractivity contribution in [1.82, 2.24) is 23.5 Å². The van der Waals surface area contributed by atoms with E-state index in [0.29, 0.717) is 16.6 Å². The molecule has 160 valence electrons. The molecule has 9 heteroatoms. The van der Waals surface area contributed by atoms with E-state index < -0.39 is 0 Å². The van der Waals surface area contributed by atoms with Crippen LogP contribution < -0.4 is 4.90 Å². The molecule has 2 aromatic heterocycles. The van der Waals surface area contributed by atoms with Crippen LogP contribution in [0.5, 0.6) is 0 Å². The average molecular weight is 540 g/mol. The monoisotopic (exact) mass is 540 g/mol. The van der Waals surface area contributed by atoms with Crippen LogP contribution in [0.4, 0.5) is 9.52 Å². The molecule has 1 aliphatic rings. The van der Waals surface area contributed by atoms with Gasteiger partial charge < -0.3 is 4.90 Å². The smallest absolute Gasteiger partial charge is 0.208 e. The van der Waals surface area contributed by atoms with E-state index in [1.54, 1.807) is 18.5 Å². The Balaban J connectivity index is 1.57. The number of aromatic nitrogens is 4. The van der Waals surface area contributed by atoms with Gasteiger partial charge in [0, 0.05) is 64.4 Å². The van der Waals surface area contributed by atoms with E-state index in [1.165, 1.54) is 17.4 Å². The lowest BCUT2D eigenvalue weighted by Gasteiger charge is -2.53. The molecule has 4 rings (SSSR count). The number of rotatable bonds is 4. The van der Waals surface area contributed by atoms with Crippen molar-refractivity contribution < 1.29 is 4.39 Å². The van der Waals surface area contributed by atoms with Gasteiger partial charge in [-0.3, -0.25) is 5.10 Å². The molecule has 0 spiro atoms. The highest BCUT2D eigenvalue weighted by Gasteiger charge is 2.45. The van der Waals surface area contributed by atoms with Gasteiger partial charge in [-0.1, -0.05) is 17.4 Å². The number of piperidine rings is 1. The van der Waals surface area contributed by atoms with Crippen LogP contribution in [0.2, 0.25) is 0 Å². The Hall–Kier alpha value is -1.59. The van der Waals surface area contributed by atoms with Crippen LogP contribution in [0.25, 0.3) is 21.7 Å². The van der Waals surface area contributed by atoms with Crippen LogP contribution in [0.1, 0.15) is 40.5 Å². The Morgan fingerprint density at radius 3 is 2.47 bits per heavy atom. The van der Waals surface area contributed by atoms with Gasteiger partial charge in [-0.15, -0.1) is 10.2 Å². The second-order valence-electron chi connectivity index (χ2n) is 9.15. The van der Waals surface area contributed by atoms with Crippen LogP contribution >= 0.6 is 34.2 Å². The molecule has 30 heavy (non-hydrogen) atoms. The summed E-state index contributed by atoms with van der Waals surface area (Å²) >= 11 is 3.89. The fraction of sp³-hybridized carbons (Fsp3) is 0.476. The molecule has 0 bridgehead atoms. The van der Waals surface area contributed by atoms with Crippen LogP contribution in [0.15, 0.2) is 30.6 Å². The highest BCUT2D eigenvalue weighted by atomic mass is 127. The van der Waals surface area contributed by atoms with Crippen molar-refractivity contribution in [3.8, 4) is 21.7 Å². The maximum atomic E-state index is 14.8. The molecule has 3 aromatic rings. The van der Waals surface area contributed by atoms with E-state index in [9.17, 15) is 4.39 Å². The van der Waals surface area contributed by atoms with E-state index in [1.807, 2.05) is 6.07 Å². The normalized spacial score (nSPS) is 19.2. The molecule has 1 fully saturated rings. The number of nitrogens with one attached hydrogen (secondary N) is 1.